The maximum Gasteiger partial charge on any atom is 0.349 e. The van der Waals surface area contributed by atoms with E-state index in [9.17, 15) is 9.59 Å². The molecule has 1 aromatic carbocycles. The molecule has 0 bridgehead atoms. The number of hydrogen-bond acceptors (Lipinski definition) is 4. The van der Waals surface area contributed by atoms with Gasteiger partial charge in [0.25, 0.3) is 0 Å². The van der Waals surface area contributed by atoms with Gasteiger partial charge in [0, 0.05) is 30.6 Å². The Labute approximate surface area is 122 Å². The molecule has 0 spiro atoms. The van der Waals surface area contributed by atoms with Crippen LogP contribution in [-0.2, 0) is 11.3 Å². The molecule has 0 saturated heterocycles. The molecule has 1 aliphatic heterocycles. The monoisotopic (exact) mass is 286 g/mol. The maximum atomic E-state index is 11.8. The van der Waals surface area contributed by atoms with Crippen molar-refractivity contribution in [3.63, 3.8) is 0 Å². The van der Waals surface area contributed by atoms with E-state index in [2.05, 4.69) is 22.5 Å². The van der Waals surface area contributed by atoms with Crippen molar-refractivity contribution in [2.75, 3.05) is 17.2 Å². The molecule has 0 aliphatic carbocycles. The van der Waals surface area contributed by atoms with Crippen molar-refractivity contribution in [3.05, 3.63) is 28.7 Å². The number of anilines is 2. The fourth-order valence-corrected chi connectivity index (χ4v) is 2.55. The zero-order valence-electron chi connectivity index (χ0n) is 12.0. The third-order valence-electron chi connectivity index (χ3n) is 3.64. The Morgan fingerprint density at radius 3 is 3.14 bits per heavy atom. The second-order valence-electron chi connectivity index (χ2n) is 5.21. The summed E-state index contributed by atoms with van der Waals surface area (Å²) >= 11 is 0. The van der Waals surface area contributed by atoms with Gasteiger partial charge in [0.15, 0.2) is 0 Å². The predicted octanol–water partition coefficient (Wildman–Crippen LogP) is 1.95. The molecule has 2 N–H and O–H groups in total. The van der Waals surface area contributed by atoms with Crippen LogP contribution in [0.1, 0.15) is 26.2 Å². The first-order chi connectivity index (χ1) is 10.2. The Morgan fingerprint density at radius 1 is 1.48 bits per heavy atom. The average Bonchev–Trinajstić information content (AvgIpc) is 2.96. The zero-order valence-corrected chi connectivity index (χ0v) is 12.0. The van der Waals surface area contributed by atoms with Crippen LogP contribution in [0.2, 0.25) is 0 Å². The molecule has 0 saturated carbocycles. The summed E-state index contributed by atoms with van der Waals surface area (Å²) in [5.41, 5.74) is 1.15. The van der Waals surface area contributed by atoms with Crippen molar-refractivity contribution in [2.45, 2.75) is 32.7 Å². The first-order valence-corrected chi connectivity index (χ1v) is 7.27. The van der Waals surface area contributed by atoms with Crippen LogP contribution < -0.4 is 16.3 Å². The summed E-state index contributed by atoms with van der Waals surface area (Å²) in [4.78, 5) is 27.7. The third-order valence-corrected chi connectivity index (χ3v) is 3.64. The number of carbonyl (C=O) groups is 1. The molecule has 1 aromatic heterocycles. The van der Waals surface area contributed by atoms with Crippen molar-refractivity contribution in [1.82, 2.24) is 9.55 Å². The fourth-order valence-electron chi connectivity index (χ4n) is 2.55. The maximum absolute atomic E-state index is 11.8. The van der Waals surface area contributed by atoms with Crippen molar-refractivity contribution in [3.8, 4) is 0 Å². The number of nitrogens with zero attached hydrogens (tertiary/aromatic N) is 2. The number of nitrogens with one attached hydrogen (secondary N) is 2. The molecule has 0 fully saturated rings. The summed E-state index contributed by atoms with van der Waals surface area (Å²) in [6.07, 6.45) is 2.40. The highest BCUT2D eigenvalue weighted by Gasteiger charge is 2.16. The minimum absolute atomic E-state index is 0.0156. The number of aromatic nitrogens is 2. The Morgan fingerprint density at radius 2 is 2.33 bits per heavy atom. The van der Waals surface area contributed by atoms with Gasteiger partial charge in [-0.05, 0) is 24.6 Å². The highest BCUT2D eigenvalue weighted by molar-refractivity contribution is 5.96. The van der Waals surface area contributed by atoms with Crippen LogP contribution in [0.15, 0.2) is 23.0 Å². The first-order valence-electron chi connectivity index (χ1n) is 7.27. The molecular formula is C15H18N4O2. The summed E-state index contributed by atoms with van der Waals surface area (Å²) in [6.45, 7) is 3.41. The molecule has 0 unspecified atom stereocenters. The molecular weight excluding hydrogens is 268 g/mol. The molecule has 6 nitrogen and oxygen atoms in total. The highest BCUT2D eigenvalue weighted by atomic mass is 16.2. The summed E-state index contributed by atoms with van der Waals surface area (Å²) in [5, 5.41) is 6.96. The van der Waals surface area contributed by atoms with Gasteiger partial charge in [-0.15, -0.1) is 0 Å². The topological polar surface area (TPSA) is 76.0 Å². The van der Waals surface area contributed by atoms with Crippen LogP contribution in [0, 0.1) is 0 Å². The zero-order chi connectivity index (χ0) is 14.8. The second-order valence-corrected chi connectivity index (χ2v) is 5.21. The first kappa shape index (κ1) is 13.6. The van der Waals surface area contributed by atoms with Crippen LogP contribution in [0.5, 0.6) is 0 Å². The van der Waals surface area contributed by atoms with Gasteiger partial charge in [0.1, 0.15) is 5.82 Å². The number of unbranched alkanes of at least 4 members (excludes halogenated alkanes) is 1. The third kappa shape index (κ3) is 2.61. The van der Waals surface area contributed by atoms with Crippen LogP contribution in [0.4, 0.5) is 11.5 Å². The number of hydrogen-bond donors (Lipinski definition) is 2. The Kier molecular flexibility index (Phi) is 3.60. The lowest BCUT2D eigenvalue weighted by Crippen LogP contribution is -2.21. The van der Waals surface area contributed by atoms with Gasteiger partial charge in [-0.3, -0.25) is 9.36 Å². The number of carbonyl (C=O) groups excluding carboxylic acids is 1. The van der Waals surface area contributed by atoms with E-state index in [1.807, 2.05) is 6.07 Å². The number of amides is 1. The molecule has 0 atom stereocenters. The van der Waals surface area contributed by atoms with Crippen molar-refractivity contribution in [1.29, 1.82) is 0 Å². The minimum Gasteiger partial charge on any atom is -0.369 e. The van der Waals surface area contributed by atoms with E-state index in [0.29, 0.717) is 18.5 Å². The summed E-state index contributed by atoms with van der Waals surface area (Å²) in [7, 11) is 0. The van der Waals surface area contributed by atoms with Crippen molar-refractivity contribution < 1.29 is 4.79 Å². The molecule has 0 radical (unpaired) electrons. The molecule has 1 amide bonds. The average molecular weight is 286 g/mol. The summed E-state index contributed by atoms with van der Waals surface area (Å²) in [5.74, 6) is 0.802. The van der Waals surface area contributed by atoms with Crippen LogP contribution in [-0.4, -0.2) is 22.0 Å². The normalized spacial score (nSPS) is 13.0. The van der Waals surface area contributed by atoms with Crippen LogP contribution in [0.3, 0.4) is 0 Å². The lowest BCUT2D eigenvalue weighted by molar-refractivity contribution is -0.116. The molecule has 2 heterocycles. The number of rotatable bonds is 4. The molecule has 110 valence electrons. The minimum atomic E-state index is -0.234. The Hall–Kier alpha value is -2.37. The largest absolute Gasteiger partial charge is 0.369 e. The SMILES string of the molecule is CCCCC(=O)Nc1ccc2nc(=O)n3c(c2c1)NCC3. The van der Waals surface area contributed by atoms with E-state index in [4.69, 9.17) is 0 Å². The second kappa shape index (κ2) is 5.55. The van der Waals surface area contributed by atoms with Gasteiger partial charge >= 0.3 is 5.69 Å². The molecule has 21 heavy (non-hydrogen) atoms. The molecule has 1 aliphatic rings. The molecule has 6 heteroatoms. The van der Waals surface area contributed by atoms with Gasteiger partial charge in [-0.1, -0.05) is 13.3 Å². The highest BCUT2D eigenvalue weighted by Crippen LogP contribution is 2.26. The predicted molar refractivity (Wildman–Crippen MR) is 82.6 cm³/mol. The van der Waals surface area contributed by atoms with E-state index in [1.54, 1.807) is 16.7 Å². The van der Waals surface area contributed by atoms with Crippen molar-refractivity contribution in [2.24, 2.45) is 0 Å². The Balaban J connectivity index is 1.95. The summed E-state index contributed by atoms with van der Waals surface area (Å²) in [6, 6.07) is 5.42. The van der Waals surface area contributed by atoms with Gasteiger partial charge in [-0.25, -0.2) is 4.79 Å². The van der Waals surface area contributed by atoms with Gasteiger partial charge in [-0.2, -0.15) is 4.98 Å². The fraction of sp³-hybridized carbons (Fsp3) is 0.400. The van der Waals surface area contributed by atoms with Crippen LogP contribution in [0.25, 0.3) is 10.9 Å². The lowest BCUT2D eigenvalue weighted by Gasteiger charge is -2.09. The van der Waals surface area contributed by atoms with Crippen molar-refractivity contribution >= 4 is 28.3 Å². The standard InChI is InChI=1S/C15H18N4O2/c1-2-3-4-13(20)17-10-5-6-12-11(9-10)14-16-7-8-19(14)15(21)18-12/h5-6,9,16H,2-4,7-8H2,1H3,(H,17,20). The smallest absolute Gasteiger partial charge is 0.349 e. The summed E-state index contributed by atoms with van der Waals surface area (Å²) < 4.78 is 1.63. The molecule has 3 rings (SSSR count). The van der Waals surface area contributed by atoms with E-state index < -0.39 is 0 Å². The van der Waals surface area contributed by atoms with E-state index in [1.165, 1.54) is 0 Å². The van der Waals surface area contributed by atoms with E-state index >= 15 is 0 Å². The molecule has 2 aromatic rings. The van der Waals surface area contributed by atoms with Gasteiger partial charge < -0.3 is 10.6 Å². The van der Waals surface area contributed by atoms with E-state index in [-0.39, 0.29) is 11.6 Å². The lowest BCUT2D eigenvalue weighted by atomic mass is 10.2. The number of fused-ring (bicyclic) bond motifs is 3. The van der Waals surface area contributed by atoms with Gasteiger partial charge in [0.05, 0.1) is 5.52 Å². The van der Waals surface area contributed by atoms with Crippen LogP contribution >= 0.6 is 0 Å². The van der Waals surface area contributed by atoms with Gasteiger partial charge in [0.2, 0.25) is 5.91 Å². The number of benzene rings is 1. The quantitative estimate of drug-likeness (QED) is 0.900. The Bertz CT molecular complexity index is 751. The van der Waals surface area contributed by atoms with E-state index in [0.717, 1.165) is 36.3 Å².